The number of non-ortho nitro benzene ring substituents is 1. The summed E-state index contributed by atoms with van der Waals surface area (Å²) in [6.07, 6.45) is 2.93. The molecule has 8 nitrogen and oxygen atoms in total. The second-order valence-electron chi connectivity index (χ2n) is 6.23. The highest BCUT2D eigenvalue weighted by Crippen LogP contribution is 2.21. The third-order valence-corrected chi connectivity index (χ3v) is 3.82. The van der Waals surface area contributed by atoms with Gasteiger partial charge in [0.05, 0.1) is 4.92 Å². The van der Waals surface area contributed by atoms with Gasteiger partial charge in [-0.25, -0.2) is 9.97 Å². The maximum atomic E-state index is 12.1. The third kappa shape index (κ3) is 5.70. The Balaban J connectivity index is 1.58. The van der Waals surface area contributed by atoms with E-state index in [1.165, 1.54) is 18.2 Å². The fourth-order valence-corrected chi connectivity index (χ4v) is 2.51. The Bertz CT molecular complexity index is 1040. The highest BCUT2D eigenvalue weighted by Gasteiger charge is 2.05. The summed E-state index contributed by atoms with van der Waals surface area (Å²) in [5.41, 5.74) is 2.91. The number of carbonyl (C=O) groups excluding carboxylic acids is 1. The topological polar surface area (TPSA) is 107 Å². The molecule has 1 N–H and O–H groups in total. The molecule has 0 aliphatic rings. The predicted octanol–water partition coefficient (Wildman–Crippen LogP) is 4.45. The van der Waals surface area contributed by atoms with Crippen LogP contribution >= 0.6 is 0 Å². The molecule has 0 saturated carbocycles. The first-order valence-electron chi connectivity index (χ1n) is 8.73. The Labute approximate surface area is 167 Å². The summed E-state index contributed by atoms with van der Waals surface area (Å²) >= 11 is 0. The normalized spacial score (nSPS) is 10.7. The Kier molecular flexibility index (Phi) is 5.94. The molecular weight excluding hydrogens is 372 g/mol. The summed E-state index contributed by atoms with van der Waals surface area (Å²) in [4.78, 5) is 30.7. The van der Waals surface area contributed by atoms with E-state index in [1.54, 1.807) is 42.5 Å². The van der Waals surface area contributed by atoms with Gasteiger partial charge in [-0.15, -0.1) is 0 Å². The van der Waals surface area contributed by atoms with E-state index in [1.807, 2.05) is 19.9 Å². The van der Waals surface area contributed by atoms with Crippen LogP contribution in [0.25, 0.3) is 6.08 Å². The van der Waals surface area contributed by atoms with Crippen LogP contribution in [0.3, 0.4) is 0 Å². The zero-order chi connectivity index (χ0) is 20.8. The lowest BCUT2D eigenvalue weighted by Gasteiger charge is -2.07. The lowest BCUT2D eigenvalue weighted by molar-refractivity contribution is -0.384. The summed E-state index contributed by atoms with van der Waals surface area (Å²) in [6.45, 7) is 3.73. The number of hydrogen-bond acceptors (Lipinski definition) is 6. The zero-order valence-electron chi connectivity index (χ0n) is 15.8. The van der Waals surface area contributed by atoms with Gasteiger partial charge >= 0.3 is 6.01 Å². The lowest BCUT2D eigenvalue weighted by Crippen LogP contribution is -2.07. The molecule has 0 aliphatic carbocycles. The van der Waals surface area contributed by atoms with E-state index >= 15 is 0 Å². The summed E-state index contributed by atoms with van der Waals surface area (Å²) in [7, 11) is 0. The minimum atomic E-state index is -0.472. The number of nitrogens with zero attached hydrogens (tertiary/aromatic N) is 3. The predicted molar refractivity (Wildman–Crippen MR) is 109 cm³/mol. The number of nitro groups is 1. The Morgan fingerprint density at radius 3 is 2.24 bits per heavy atom. The van der Waals surface area contributed by atoms with Crippen LogP contribution in [0, 0.1) is 24.0 Å². The van der Waals surface area contributed by atoms with Crippen molar-refractivity contribution in [2.24, 2.45) is 0 Å². The van der Waals surface area contributed by atoms with Crippen LogP contribution in [0.4, 0.5) is 11.4 Å². The third-order valence-electron chi connectivity index (χ3n) is 3.82. The van der Waals surface area contributed by atoms with Gasteiger partial charge in [-0.3, -0.25) is 14.9 Å². The monoisotopic (exact) mass is 390 g/mol. The molecule has 1 aromatic heterocycles. The van der Waals surface area contributed by atoms with Crippen molar-refractivity contribution in [3.05, 3.63) is 87.7 Å². The first kappa shape index (κ1) is 19.7. The average molecular weight is 390 g/mol. The molecule has 0 fully saturated rings. The van der Waals surface area contributed by atoms with Gasteiger partial charge in [0.2, 0.25) is 5.91 Å². The number of carbonyl (C=O) groups is 1. The number of rotatable bonds is 6. The molecule has 3 rings (SSSR count). The summed E-state index contributed by atoms with van der Waals surface area (Å²) < 4.78 is 5.63. The number of hydrogen-bond donors (Lipinski definition) is 1. The molecule has 0 atom stereocenters. The Morgan fingerprint density at radius 1 is 1.03 bits per heavy atom. The van der Waals surface area contributed by atoms with E-state index in [0.29, 0.717) is 17.0 Å². The summed E-state index contributed by atoms with van der Waals surface area (Å²) in [6, 6.07) is 14.9. The van der Waals surface area contributed by atoms with Gasteiger partial charge in [-0.2, -0.15) is 0 Å². The van der Waals surface area contributed by atoms with Gasteiger partial charge < -0.3 is 10.1 Å². The van der Waals surface area contributed by atoms with Crippen LogP contribution in [0.5, 0.6) is 11.8 Å². The zero-order valence-corrected chi connectivity index (χ0v) is 15.8. The number of aryl methyl sites for hydroxylation is 2. The maximum Gasteiger partial charge on any atom is 0.322 e. The molecule has 0 saturated heterocycles. The Morgan fingerprint density at radius 2 is 1.66 bits per heavy atom. The number of nitrogens with one attached hydrogen (secondary N) is 1. The molecule has 0 unspecified atom stereocenters. The smallest absolute Gasteiger partial charge is 0.322 e. The molecule has 1 amide bonds. The van der Waals surface area contributed by atoms with E-state index in [0.717, 1.165) is 11.4 Å². The van der Waals surface area contributed by atoms with E-state index in [9.17, 15) is 14.9 Å². The minimum Gasteiger partial charge on any atom is -0.424 e. The van der Waals surface area contributed by atoms with Crippen LogP contribution in [-0.4, -0.2) is 20.8 Å². The van der Waals surface area contributed by atoms with E-state index < -0.39 is 4.92 Å². The van der Waals surface area contributed by atoms with E-state index in [4.69, 9.17) is 4.74 Å². The van der Waals surface area contributed by atoms with Gasteiger partial charge in [0.1, 0.15) is 5.75 Å². The molecule has 0 aliphatic heterocycles. The fourth-order valence-electron chi connectivity index (χ4n) is 2.51. The van der Waals surface area contributed by atoms with Crippen LogP contribution < -0.4 is 10.1 Å². The first-order valence-corrected chi connectivity index (χ1v) is 8.73. The van der Waals surface area contributed by atoms with Gasteiger partial charge in [0.15, 0.2) is 0 Å². The van der Waals surface area contributed by atoms with Crippen molar-refractivity contribution < 1.29 is 14.5 Å². The fraction of sp³-hybridized carbons (Fsp3) is 0.0952. The van der Waals surface area contributed by atoms with Crippen LogP contribution in [0.2, 0.25) is 0 Å². The second kappa shape index (κ2) is 8.75. The molecule has 2 aromatic carbocycles. The number of aromatic nitrogens is 2. The van der Waals surface area contributed by atoms with Crippen molar-refractivity contribution in [1.29, 1.82) is 0 Å². The van der Waals surface area contributed by atoms with Crippen molar-refractivity contribution in [2.75, 3.05) is 5.32 Å². The largest absolute Gasteiger partial charge is 0.424 e. The van der Waals surface area contributed by atoms with Crippen LogP contribution in [0.15, 0.2) is 60.7 Å². The van der Waals surface area contributed by atoms with Crippen LogP contribution in [0.1, 0.15) is 17.0 Å². The van der Waals surface area contributed by atoms with Gasteiger partial charge in [0.25, 0.3) is 5.69 Å². The summed E-state index contributed by atoms with van der Waals surface area (Å²) in [5.74, 6) is 0.226. The highest BCUT2D eigenvalue weighted by molar-refractivity contribution is 6.01. The van der Waals surface area contributed by atoms with E-state index in [-0.39, 0.29) is 17.6 Å². The van der Waals surface area contributed by atoms with Gasteiger partial charge in [-0.05, 0) is 68.0 Å². The van der Waals surface area contributed by atoms with Crippen LogP contribution in [-0.2, 0) is 4.79 Å². The van der Waals surface area contributed by atoms with E-state index in [2.05, 4.69) is 15.3 Å². The molecule has 8 heteroatoms. The number of nitro benzene ring substituents is 1. The van der Waals surface area contributed by atoms with Gasteiger partial charge in [0, 0.05) is 35.3 Å². The second-order valence-corrected chi connectivity index (χ2v) is 6.23. The lowest BCUT2D eigenvalue weighted by atomic mass is 10.2. The molecule has 146 valence electrons. The molecule has 1 heterocycles. The van der Waals surface area contributed by atoms with Crippen molar-refractivity contribution in [2.45, 2.75) is 13.8 Å². The van der Waals surface area contributed by atoms with Crippen molar-refractivity contribution in [3.8, 4) is 11.8 Å². The Hall–Kier alpha value is -4.07. The molecular formula is C21H18N4O4. The average Bonchev–Trinajstić information content (AvgIpc) is 2.67. The molecule has 0 spiro atoms. The molecule has 29 heavy (non-hydrogen) atoms. The number of ether oxygens (including phenoxy) is 1. The standard InChI is InChI=1S/C21H18N4O4/c1-14-13-15(2)23-21(22-14)29-19-10-6-17(7-11-19)24-20(26)12-5-16-3-8-18(9-4-16)25(27)28/h3-13H,1-2H3,(H,24,26)/b12-5+. The quantitative estimate of drug-likeness (QED) is 0.379. The molecule has 3 aromatic rings. The van der Waals surface area contributed by atoms with Gasteiger partial charge in [-0.1, -0.05) is 0 Å². The van der Waals surface area contributed by atoms with Crippen molar-refractivity contribution in [3.63, 3.8) is 0 Å². The first-order chi connectivity index (χ1) is 13.9. The molecule has 0 bridgehead atoms. The van der Waals surface area contributed by atoms with Crippen molar-refractivity contribution >= 4 is 23.4 Å². The highest BCUT2D eigenvalue weighted by atomic mass is 16.6. The maximum absolute atomic E-state index is 12.1. The minimum absolute atomic E-state index is 0.000124. The molecule has 0 radical (unpaired) electrons. The number of anilines is 1. The number of benzene rings is 2. The number of amides is 1. The SMILES string of the molecule is Cc1cc(C)nc(Oc2ccc(NC(=O)/C=C/c3ccc([N+](=O)[O-])cc3)cc2)n1. The van der Waals surface area contributed by atoms with Crippen molar-refractivity contribution in [1.82, 2.24) is 9.97 Å². The summed E-state index contributed by atoms with van der Waals surface area (Å²) in [5, 5.41) is 13.4.